The average Bonchev–Trinajstić information content (AvgIpc) is 2.19. The Morgan fingerprint density at radius 2 is 2.40 bits per heavy atom. The van der Waals surface area contributed by atoms with Gasteiger partial charge in [0.2, 0.25) is 0 Å². The third kappa shape index (κ3) is 3.55. The van der Waals surface area contributed by atoms with Crippen LogP contribution in [0.3, 0.4) is 0 Å². The molecule has 0 bridgehead atoms. The number of aromatic nitrogens is 2. The Balaban J connectivity index is 2.80. The van der Waals surface area contributed by atoms with E-state index in [0.717, 1.165) is 6.42 Å². The Morgan fingerprint density at radius 3 is 3.00 bits per heavy atom. The van der Waals surface area contributed by atoms with E-state index in [2.05, 4.69) is 10.3 Å². The monoisotopic (exact) mass is 229 g/mol. The smallest absolute Gasteiger partial charge is 0.293 e. The molecule has 15 heavy (non-hydrogen) atoms. The summed E-state index contributed by atoms with van der Waals surface area (Å²) in [5.74, 6) is 0.374. The van der Waals surface area contributed by atoms with E-state index in [4.69, 9.17) is 11.6 Å². The molecule has 84 valence electrons. The van der Waals surface area contributed by atoms with Gasteiger partial charge in [-0.3, -0.25) is 4.79 Å². The molecule has 1 aromatic rings. The zero-order chi connectivity index (χ0) is 11.3. The zero-order valence-electron chi connectivity index (χ0n) is 9.03. The minimum atomic E-state index is -0.0864. The summed E-state index contributed by atoms with van der Waals surface area (Å²) in [4.78, 5) is 15.8. The van der Waals surface area contributed by atoms with Crippen LogP contribution in [0.25, 0.3) is 0 Å². The lowest BCUT2D eigenvalue weighted by molar-refractivity contribution is 0.649. The van der Waals surface area contributed by atoms with Crippen molar-refractivity contribution < 1.29 is 0 Å². The largest absolute Gasteiger partial charge is 0.364 e. The van der Waals surface area contributed by atoms with Crippen LogP contribution < -0.4 is 10.9 Å². The predicted molar refractivity (Wildman–Crippen MR) is 62.6 cm³/mol. The fraction of sp³-hybridized carbons (Fsp3) is 0.600. The molecule has 0 aromatic carbocycles. The fourth-order valence-electron chi connectivity index (χ4n) is 1.22. The van der Waals surface area contributed by atoms with Gasteiger partial charge in [0.25, 0.3) is 5.56 Å². The van der Waals surface area contributed by atoms with Crippen LogP contribution >= 0.6 is 11.6 Å². The molecule has 0 spiro atoms. The lowest BCUT2D eigenvalue weighted by Crippen LogP contribution is -2.26. The number of hydrogen-bond acceptors (Lipinski definition) is 3. The van der Waals surface area contributed by atoms with Gasteiger partial charge in [-0.2, -0.15) is 0 Å². The SMILES string of the molecule is CCCn1ccnc(NCC(C)Cl)c1=O. The highest BCUT2D eigenvalue weighted by molar-refractivity contribution is 6.20. The molecular weight excluding hydrogens is 214 g/mol. The van der Waals surface area contributed by atoms with Crippen LogP contribution in [0.2, 0.25) is 0 Å². The van der Waals surface area contributed by atoms with E-state index >= 15 is 0 Å². The number of hydrogen-bond donors (Lipinski definition) is 1. The molecule has 0 aliphatic heterocycles. The van der Waals surface area contributed by atoms with Gasteiger partial charge in [0.15, 0.2) is 5.82 Å². The standard InChI is InChI=1S/C10H16ClN3O/c1-3-5-14-6-4-12-9(10(14)15)13-7-8(2)11/h4,6,8H,3,5,7H2,1-2H3,(H,12,13). The van der Waals surface area contributed by atoms with Gasteiger partial charge in [-0.1, -0.05) is 6.92 Å². The van der Waals surface area contributed by atoms with E-state index in [1.807, 2.05) is 13.8 Å². The molecule has 1 rings (SSSR count). The molecule has 5 heteroatoms. The number of halogens is 1. The molecule has 1 unspecified atom stereocenters. The maximum atomic E-state index is 11.8. The van der Waals surface area contributed by atoms with E-state index in [1.165, 1.54) is 0 Å². The number of nitrogens with one attached hydrogen (secondary N) is 1. The van der Waals surface area contributed by atoms with Gasteiger partial charge in [-0.15, -0.1) is 11.6 Å². The van der Waals surface area contributed by atoms with E-state index in [-0.39, 0.29) is 10.9 Å². The first-order valence-electron chi connectivity index (χ1n) is 5.08. The molecule has 4 nitrogen and oxygen atoms in total. The summed E-state index contributed by atoms with van der Waals surface area (Å²) in [5, 5.41) is 2.91. The molecule has 1 N–H and O–H groups in total. The Hall–Kier alpha value is -1.03. The highest BCUT2D eigenvalue weighted by Crippen LogP contribution is 1.97. The molecule has 0 radical (unpaired) electrons. The zero-order valence-corrected chi connectivity index (χ0v) is 9.79. The van der Waals surface area contributed by atoms with Crippen molar-refractivity contribution in [1.29, 1.82) is 0 Å². The molecule has 1 atom stereocenters. The lowest BCUT2D eigenvalue weighted by Gasteiger charge is -2.08. The molecule has 0 fully saturated rings. The van der Waals surface area contributed by atoms with Crippen molar-refractivity contribution >= 4 is 17.4 Å². The summed E-state index contributed by atoms with van der Waals surface area (Å²) >= 11 is 5.78. The van der Waals surface area contributed by atoms with E-state index in [1.54, 1.807) is 17.0 Å². The van der Waals surface area contributed by atoms with Crippen molar-refractivity contribution in [3.63, 3.8) is 0 Å². The van der Waals surface area contributed by atoms with Crippen molar-refractivity contribution in [3.05, 3.63) is 22.7 Å². The molecular formula is C10H16ClN3O. The van der Waals surface area contributed by atoms with Crippen molar-refractivity contribution in [2.45, 2.75) is 32.2 Å². The summed E-state index contributed by atoms with van der Waals surface area (Å²) in [6.07, 6.45) is 4.24. The van der Waals surface area contributed by atoms with E-state index in [0.29, 0.717) is 18.9 Å². The van der Waals surface area contributed by atoms with Gasteiger partial charge < -0.3 is 9.88 Å². The maximum Gasteiger partial charge on any atom is 0.293 e. The van der Waals surface area contributed by atoms with Crippen LogP contribution in [-0.2, 0) is 6.54 Å². The first-order chi connectivity index (χ1) is 7.15. The summed E-state index contributed by atoms with van der Waals surface area (Å²) in [6, 6.07) is 0. The summed E-state index contributed by atoms with van der Waals surface area (Å²) in [5.41, 5.74) is -0.0864. The highest BCUT2D eigenvalue weighted by Gasteiger charge is 2.04. The van der Waals surface area contributed by atoms with Crippen molar-refractivity contribution in [3.8, 4) is 0 Å². The number of rotatable bonds is 5. The van der Waals surface area contributed by atoms with Crippen molar-refractivity contribution in [1.82, 2.24) is 9.55 Å². The number of aryl methyl sites for hydroxylation is 1. The maximum absolute atomic E-state index is 11.8. The van der Waals surface area contributed by atoms with Crippen LogP contribution in [0.1, 0.15) is 20.3 Å². The number of nitrogens with zero attached hydrogens (tertiary/aromatic N) is 2. The third-order valence-corrected chi connectivity index (χ3v) is 2.08. The molecule has 0 saturated carbocycles. The van der Waals surface area contributed by atoms with Gasteiger partial charge in [-0.05, 0) is 13.3 Å². The van der Waals surface area contributed by atoms with Gasteiger partial charge in [0.05, 0.1) is 0 Å². The molecule has 0 amide bonds. The van der Waals surface area contributed by atoms with Gasteiger partial charge in [0.1, 0.15) is 0 Å². The van der Waals surface area contributed by atoms with Crippen LogP contribution in [0.15, 0.2) is 17.2 Å². The second kappa shape index (κ2) is 5.75. The molecule has 0 saturated heterocycles. The Bertz CT molecular complexity index is 362. The van der Waals surface area contributed by atoms with Crippen LogP contribution in [-0.4, -0.2) is 21.5 Å². The van der Waals surface area contributed by atoms with E-state index in [9.17, 15) is 4.79 Å². The normalized spacial score (nSPS) is 12.5. The highest BCUT2D eigenvalue weighted by atomic mass is 35.5. The summed E-state index contributed by atoms with van der Waals surface area (Å²) in [7, 11) is 0. The number of anilines is 1. The Labute approximate surface area is 94.3 Å². The fourth-order valence-corrected chi connectivity index (χ4v) is 1.30. The second-order valence-electron chi connectivity index (χ2n) is 3.44. The van der Waals surface area contributed by atoms with Crippen LogP contribution in [0, 0.1) is 0 Å². The lowest BCUT2D eigenvalue weighted by atomic mass is 10.4. The van der Waals surface area contributed by atoms with Gasteiger partial charge in [-0.25, -0.2) is 4.98 Å². The second-order valence-corrected chi connectivity index (χ2v) is 4.18. The summed E-state index contributed by atoms with van der Waals surface area (Å²) in [6.45, 7) is 5.15. The Kier molecular flexibility index (Phi) is 4.62. The van der Waals surface area contributed by atoms with E-state index < -0.39 is 0 Å². The molecule has 0 aliphatic rings. The van der Waals surface area contributed by atoms with Crippen LogP contribution in [0.5, 0.6) is 0 Å². The Morgan fingerprint density at radius 1 is 1.67 bits per heavy atom. The van der Waals surface area contributed by atoms with Crippen molar-refractivity contribution in [2.24, 2.45) is 0 Å². The first kappa shape index (κ1) is 12.0. The average molecular weight is 230 g/mol. The molecule has 1 heterocycles. The topological polar surface area (TPSA) is 46.9 Å². The van der Waals surface area contributed by atoms with Gasteiger partial charge >= 0.3 is 0 Å². The predicted octanol–water partition coefficient (Wildman–Crippen LogP) is 1.69. The number of alkyl halides is 1. The third-order valence-electron chi connectivity index (χ3n) is 1.93. The minimum Gasteiger partial charge on any atom is -0.364 e. The van der Waals surface area contributed by atoms with Gasteiger partial charge in [0, 0.05) is 30.9 Å². The molecule has 1 aromatic heterocycles. The minimum absolute atomic E-state index is 0.0222. The van der Waals surface area contributed by atoms with Crippen molar-refractivity contribution in [2.75, 3.05) is 11.9 Å². The van der Waals surface area contributed by atoms with Crippen LogP contribution in [0.4, 0.5) is 5.82 Å². The molecule has 0 aliphatic carbocycles. The quantitative estimate of drug-likeness (QED) is 0.782. The summed E-state index contributed by atoms with van der Waals surface area (Å²) < 4.78 is 1.65. The first-order valence-corrected chi connectivity index (χ1v) is 5.52.